The molecule has 12 nitrogen and oxygen atoms in total. The van der Waals surface area contributed by atoms with Gasteiger partial charge in [-0.15, -0.1) is 0 Å². The summed E-state index contributed by atoms with van der Waals surface area (Å²) in [4.78, 5) is 43.9. The predicted molar refractivity (Wildman–Crippen MR) is 182 cm³/mol. The number of ether oxygens (including phenoxy) is 1. The van der Waals surface area contributed by atoms with E-state index >= 15 is 0 Å². The summed E-state index contributed by atoms with van der Waals surface area (Å²) in [6, 6.07) is 2.99. The molecule has 7 rings (SSSR count). The molecule has 4 aromatic rings. The van der Waals surface area contributed by atoms with Crippen molar-refractivity contribution in [3.8, 4) is 22.8 Å². The molecule has 0 aromatic carbocycles. The second kappa shape index (κ2) is 13.7. The van der Waals surface area contributed by atoms with Crippen molar-refractivity contribution in [2.24, 2.45) is 5.41 Å². The Bertz CT molecular complexity index is 1830. The molecule has 50 heavy (non-hydrogen) atoms. The van der Waals surface area contributed by atoms with Gasteiger partial charge in [-0.05, 0) is 37.8 Å². The molecule has 1 saturated heterocycles. The first kappa shape index (κ1) is 34.1. The third kappa shape index (κ3) is 7.24. The molecule has 3 fully saturated rings. The molecule has 0 radical (unpaired) electrons. The molecular weight excluding hydrogens is 651 g/mol. The monoisotopic (exact) mass is 693 g/mol. The SMILES string of the molecule is COCC1(CN(C)c2cc(-c3cnc(C4CC4)c(C(F)(F)F)c3)nc3nc(-c4cnc(N5CCN(CCC(=O)O)CC5)cn4)[nH]c23)CCCC1. The average Bonchev–Trinajstić information content (AvgIpc) is 3.70. The first-order valence-electron chi connectivity index (χ1n) is 17.2. The fraction of sp³-hybridized carbons (Fsp3) is 0.543. The number of nitrogens with zero attached hydrogens (tertiary/aromatic N) is 8. The molecule has 2 saturated carbocycles. The van der Waals surface area contributed by atoms with E-state index in [1.165, 1.54) is 12.3 Å². The number of carbonyl (C=O) groups is 1. The number of rotatable bonds is 12. The molecular formula is C35H42F3N9O3. The highest BCUT2D eigenvalue weighted by atomic mass is 19.4. The van der Waals surface area contributed by atoms with Gasteiger partial charge in [-0.3, -0.25) is 14.7 Å². The van der Waals surface area contributed by atoms with Crippen LogP contribution in [0.5, 0.6) is 0 Å². The quantitative estimate of drug-likeness (QED) is 0.192. The molecule has 0 atom stereocenters. The number of hydrogen-bond donors (Lipinski definition) is 2. The Morgan fingerprint density at radius 1 is 1.04 bits per heavy atom. The predicted octanol–water partition coefficient (Wildman–Crippen LogP) is 5.61. The van der Waals surface area contributed by atoms with E-state index in [2.05, 4.69) is 34.6 Å². The molecule has 3 aliphatic rings. The van der Waals surface area contributed by atoms with Crippen LogP contribution >= 0.6 is 0 Å². The number of aliphatic carboxylic acids is 1. The van der Waals surface area contributed by atoms with E-state index in [0.717, 1.165) is 44.5 Å². The fourth-order valence-electron chi connectivity index (χ4n) is 7.50. The van der Waals surface area contributed by atoms with Gasteiger partial charge in [0.1, 0.15) is 17.0 Å². The highest BCUT2D eigenvalue weighted by Crippen LogP contribution is 2.46. The second-order valence-electron chi connectivity index (χ2n) is 14.0. The van der Waals surface area contributed by atoms with Gasteiger partial charge in [-0.1, -0.05) is 12.8 Å². The lowest BCUT2D eigenvalue weighted by Crippen LogP contribution is -2.47. The van der Waals surface area contributed by atoms with Gasteiger partial charge in [-0.25, -0.2) is 19.9 Å². The number of carboxylic acids is 1. The largest absolute Gasteiger partial charge is 0.481 e. The van der Waals surface area contributed by atoms with Crippen molar-refractivity contribution in [1.29, 1.82) is 0 Å². The molecule has 0 amide bonds. The Balaban J connectivity index is 1.21. The van der Waals surface area contributed by atoms with E-state index in [4.69, 9.17) is 19.8 Å². The zero-order valence-corrected chi connectivity index (χ0v) is 28.3. The summed E-state index contributed by atoms with van der Waals surface area (Å²) in [5.74, 6) is 0.202. The zero-order valence-electron chi connectivity index (χ0n) is 28.3. The second-order valence-corrected chi connectivity index (χ2v) is 14.0. The van der Waals surface area contributed by atoms with E-state index in [9.17, 15) is 18.0 Å². The summed E-state index contributed by atoms with van der Waals surface area (Å²) in [7, 11) is 3.70. The Kier molecular flexibility index (Phi) is 9.37. The highest BCUT2D eigenvalue weighted by Gasteiger charge is 2.40. The van der Waals surface area contributed by atoms with Gasteiger partial charge in [0.25, 0.3) is 0 Å². The lowest BCUT2D eigenvalue weighted by Gasteiger charge is -2.34. The number of hydrogen-bond acceptors (Lipinski definition) is 10. The number of piperazine rings is 1. The van der Waals surface area contributed by atoms with E-state index in [1.54, 1.807) is 19.5 Å². The van der Waals surface area contributed by atoms with Gasteiger partial charge in [0.2, 0.25) is 0 Å². The normalized spacial score (nSPS) is 18.2. The topological polar surface area (TPSA) is 136 Å². The lowest BCUT2D eigenvalue weighted by molar-refractivity contribution is -0.139. The molecule has 2 N–H and O–H groups in total. The molecule has 15 heteroatoms. The molecule has 0 spiro atoms. The summed E-state index contributed by atoms with van der Waals surface area (Å²) in [5, 5.41) is 8.99. The van der Waals surface area contributed by atoms with Crippen molar-refractivity contribution >= 4 is 28.6 Å². The maximum absolute atomic E-state index is 14.2. The van der Waals surface area contributed by atoms with Crippen molar-refractivity contribution in [3.05, 3.63) is 42.0 Å². The van der Waals surface area contributed by atoms with Crippen LogP contribution in [0.25, 0.3) is 33.9 Å². The Morgan fingerprint density at radius 3 is 2.44 bits per heavy atom. The third-order valence-electron chi connectivity index (χ3n) is 10.2. The van der Waals surface area contributed by atoms with Gasteiger partial charge in [0, 0.05) is 76.5 Å². The molecule has 4 aromatic heterocycles. The van der Waals surface area contributed by atoms with Crippen LogP contribution in [0.2, 0.25) is 0 Å². The maximum Gasteiger partial charge on any atom is 0.418 e. The number of methoxy groups -OCH3 is 1. The van der Waals surface area contributed by atoms with Crippen LogP contribution in [0.4, 0.5) is 24.7 Å². The van der Waals surface area contributed by atoms with Crippen LogP contribution < -0.4 is 9.80 Å². The Morgan fingerprint density at radius 2 is 1.80 bits per heavy atom. The highest BCUT2D eigenvalue weighted by molar-refractivity contribution is 5.91. The van der Waals surface area contributed by atoms with Crippen LogP contribution in [0, 0.1) is 5.41 Å². The molecule has 266 valence electrons. The number of pyridine rings is 2. The van der Waals surface area contributed by atoms with E-state index < -0.39 is 17.7 Å². The van der Waals surface area contributed by atoms with Crippen molar-refractivity contribution < 1.29 is 27.8 Å². The van der Waals surface area contributed by atoms with Gasteiger partial charge in [-0.2, -0.15) is 13.2 Å². The summed E-state index contributed by atoms with van der Waals surface area (Å²) in [6.45, 7) is 4.71. The zero-order chi connectivity index (χ0) is 35.0. The van der Waals surface area contributed by atoms with Crippen LogP contribution in [-0.2, 0) is 15.7 Å². The summed E-state index contributed by atoms with van der Waals surface area (Å²) >= 11 is 0. The van der Waals surface area contributed by atoms with E-state index in [0.29, 0.717) is 79.8 Å². The molecule has 2 aliphatic carbocycles. The van der Waals surface area contributed by atoms with E-state index in [1.807, 2.05) is 13.1 Å². The molecule has 0 bridgehead atoms. The lowest BCUT2D eigenvalue weighted by atomic mass is 9.86. The standard InChI is InChI=1S/C35H42F3N9O3/c1-45(20-34(21-50-2)8-3-4-9-34)27-16-25(23-15-24(35(36,37)38)30(41-17-23)22-5-6-22)42-33-31(27)43-32(44-33)26-18-40-28(19-39-26)47-13-11-46(12-14-47)10-7-29(48)49/h15-19,22H,3-14,20-21H2,1-2H3,(H,48,49)(H,42,43,44). The number of carboxylic acid groups (broad SMARTS) is 1. The molecule has 1 aliphatic heterocycles. The average molecular weight is 694 g/mol. The minimum atomic E-state index is -4.53. The maximum atomic E-state index is 14.2. The van der Waals surface area contributed by atoms with Gasteiger partial charge in [0.15, 0.2) is 11.5 Å². The van der Waals surface area contributed by atoms with Crippen LogP contribution in [0.1, 0.15) is 62.1 Å². The number of halogens is 3. The number of aromatic nitrogens is 6. The number of anilines is 2. The van der Waals surface area contributed by atoms with Crippen molar-refractivity contribution in [1.82, 2.24) is 34.8 Å². The number of H-pyrrole nitrogens is 1. The summed E-state index contributed by atoms with van der Waals surface area (Å²) in [6.07, 6.45) is 6.15. The number of aromatic amines is 1. The summed E-state index contributed by atoms with van der Waals surface area (Å²) < 4.78 is 48.3. The van der Waals surface area contributed by atoms with Gasteiger partial charge in [0.05, 0.1) is 48.1 Å². The van der Waals surface area contributed by atoms with Crippen molar-refractivity contribution in [3.63, 3.8) is 0 Å². The number of alkyl halides is 3. The number of fused-ring (bicyclic) bond motifs is 1. The van der Waals surface area contributed by atoms with Crippen molar-refractivity contribution in [2.45, 2.75) is 57.0 Å². The molecule has 5 heterocycles. The van der Waals surface area contributed by atoms with Gasteiger partial charge >= 0.3 is 12.1 Å². The smallest absolute Gasteiger partial charge is 0.418 e. The third-order valence-corrected chi connectivity index (χ3v) is 10.2. The van der Waals surface area contributed by atoms with Crippen LogP contribution in [0.15, 0.2) is 30.7 Å². The molecule has 0 unspecified atom stereocenters. The van der Waals surface area contributed by atoms with Crippen LogP contribution in [-0.4, -0.2) is 106 Å². The minimum absolute atomic E-state index is 0.0396. The van der Waals surface area contributed by atoms with Crippen molar-refractivity contribution in [2.75, 3.05) is 69.8 Å². The first-order valence-corrected chi connectivity index (χ1v) is 17.2. The fourth-order valence-corrected chi connectivity index (χ4v) is 7.50. The number of nitrogens with one attached hydrogen (secondary N) is 1. The minimum Gasteiger partial charge on any atom is -0.481 e. The Hall–Kier alpha value is -4.37. The number of imidazole rings is 1. The first-order chi connectivity index (χ1) is 24.0. The van der Waals surface area contributed by atoms with Gasteiger partial charge < -0.3 is 24.6 Å². The van der Waals surface area contributed by atoms with E-state index in [-0.39, 0.29) is 29.0 Å². The summed E-state index contributed by atoms with van der Waals surface area (Å²) in [5.41, 5.74) is 2.26. The Labute approximate surface area is 288 Å². The van der Waals surface area contributed by atoms with Crippen LogP contribution in [0.3, 0.4) is 0 Å².